The summed E-state index contributed by atoms with van der Waals surface area (Å²) in [5.41, 5.74) is 4.20. The Kier molecular flexibility index (Phi) is 7.18. The van der Waals surface area contributed by atoms with E-state index in [9.17, 15) is 4.79 Å². The third kappa shape index (κ3) is 5.21. The molecule has 1 aliphatic heterocycles. The summed E-state index contributed by atoms with van der Waals surface area (Å²) in [6.07, 6.45) is 3.48. The molecule has 1 amide bonds. The summed E-state index contributed by atoms with van der Waals surface area (Å²) >= 11 is 1.42. The summed E-state index contributed by atoms with van der Waals surface area (Å²) < 4.78 is 7.26. The van der Waals surface area contributed by atoms with Crippen LogP contribution in [0, 0.1) is 6.92 Å². The third-order valence-electron chi connectivity index (χ3n) is 6.26. The second-order valence-corrected chi connectivity index (χ2v) is 9.51. The molecule has 0 unspecified atom stereocenters. The molecule has 0 radical (unpaired) electrons. The van der Waals surface area contributed by atoms with Crippen molar-refractivity contribution in [2.45, 2.75) is 12.1 Å². The standard InChI is InChI=1S/C27H28N6O2S/c1-20-3-5-23(6-4-20)33-26(21-11-13-28-14-12-21)29-30-27(33)36-19-25(34)32-17-15-31(16-18-32)22-7-9-24(35-2)10-8-22/h3-14H,15-19H2,1-2H3. The molecular weight excluding hydrogens is 472 g/mol. The topological polar surface area (TPSA) is 76.4 Å². The maximum atomic E-state index is 13.1. The Morgan fingerprint density at radius 2 is 1.56 bits per heavy atom. The number of benzene rings is 2. The molecule has 0 N–H and O–H groups in total. The van der Waals surface area contributed by atoms with E-state index in [4.69, 9.17) is 4.74 Å². The molecule has 4 aromatic rings. The van der Waals surface area contributed by atoms with Crippen molar-refractivity contribution >= 4 is 23.4 Å². The Hall–Kier alpha value is -3.85. The van der Waals surface area contributed by atoms with Crippen molar-refractivity contribution in [2.24, 2.45) is 0 Å². The van der Waals surface area contributed by atoms with Gasteiger partial charge < -0.3 is 14.5 Å². The molecule has 8 nitrogen and oxygen atoms in total. The first kappa shape index (κ1) is 23.9. The SMILES string of the molecule is COc1ccc(N2CCN(C(=O)CSc3nnc(-c4ccncc4)n3-c3ccc(C)cc3)CC2)cc1. The van der Waals surface area contributed by atoms with Crippen LogP contribution in [0.4, 0.5) is 5.69 Å². The Morgan fingerprint density at radius 3 is 2.22 bits per heavy atom. The molecular formula is C27H28N6O2S. The molecule has 0 aliphatic carbocycles. The summed E-state index contributed by atoms with van der Waals surface area (Å²) in [5, 5.41) is 9.59. The van der Waals surface area contributed by atoms with Crippen molar-refractivity contribution in [3.63, 3.8) is 0 Å². The first-order valence-corrected chi connectivity index (χ1v) is 12.8. The number of aryl methyl sites for hydroxylation is 1. The zero-order chi connectivity index (χ0) is 24.9. The van der Waals surface area contributed by atoms with Crippen molar-refractivity contribution in [1.82, 2.24) is 24.6 Å². The molecule has 3 heterocycles. The zero-order valence-corrected chi connectivity index (χ0v) is 21.2. The first-order valence-electron chi connectivity index (χ1n) is 11.8. The number of carbonyl (C=O) groups is 1. The van der Waals surface area contributed by atoms with Gasteiger partial charge in [0, 0.05) is 55.5 Å². The van der Waals surface area contributed by atoms with Crippen LogP contribution >= 0.6 is 11.8 Å². The van der Waals surface area contributed by atoms with Crippen LogP contribution in [-0.4, -0.2) is 69.6 Å². The maximum Gasteiger partial charge on any atom is 0.233 e. The van der Waals surface area contributed by atoms with Crippen molar-refractivity contribution in [3.05, 3.63) is 78.6 Å². The smallest absolute Gasteiger partial charge is 0.233 e. The average Bonchev–Trinajstić information content (AvgIpc) is 3.37. The van der Waals surface area contributed by atoms with Crippen LogP contribution in [0.3, 0.4) is 0 Å². The Balaban J connectivity index is 1.26. The minimum atomic E-state index is 0.110. The highest BCUT2D eigenvalue weighted by molar-refractivity contribution is 7.99. The Bertz CT molecular complexity index is 1300. The second kappa shape index (κ2) is 10.8. The van der Waals surface area contributed by atoms with Gasteiger partial charge >= 0.3 is 0 Å². The lowest BCUT2D eigenvalue weighted by molar-refractivity contribution is -0.128. The van der Waals surface area contributed by atoms with Crippen molar-refractivity contribution < 1.29 is 9.53 Å². The van der Waals surface area contributed by atoms with E-state index < -0.39 is 0 Å². The number of hydrogen-bond donors (Lipinski definition) is 0. The van der Waals surface area contributed by atoms with Gasteiger partial charge in [0.2, 0.25) is 5.91 Å². The van der Waals surface area contributed by atoms with Crippen LogP contribution in [0.25, 0.3) is 17.1 Å². The molecule has 1 fully saturated rings. The van der Waals surface area contributed by atoms with Crippen LogP contribution in [-0.2, 0) is 4.79 Å². The summed E-state index contributed by atoms with van der Waals surface area (Å²) in [7, 11) is 1.67. The van der Waals surface area contributed by atoms with Crippen LogP contribution in [0.2, 0.25) is 0 Å². The first-order chi connectivity index (χ1) is 17.6. The van der Waals surface area contributed by atoms with E-state index in [2.05, 4.69) is 51.3 Å². The molecule has 0 atom stereocenters. The molecule has 0 spiro atoms. The number of hydrogen-bond acceptors (Lipinski definition) is 7. The molecule has 2 aromatic carbocycles. The normalized spacial score (nSPS) is 13.6. The molecule has 9 heteroatoms. The average molecular weight is 501 g/mol. The number of carbonyl (C=O) groups excluding carboxylic acids is 1. The van der Waals surface area contributed by atoms with E-state index in [1.807, 2.05) is 45.9 Å². The highest BCUT2D eigenvalue weighted by Gasteiger charge is 2.23. The van der Waals surface area contributed by atoms with Gasteiger partial charge in [0.15, 0.2) is 11.0 Å². The number of thioether (sulfide) groups is 1. The van der Waals surface area contributed by atoms with Crippen LogP contribution in [0.5, 0.6) is 5.75 Å². The highest BCUT2D eigenvalue weighted by atomic mass is 32.2. The van der Waals surface area contributed by atoms with Gasteiger partial charge in [-0.25, -0.2) is 0 Å². The Morgan fingerprint density at radius 1 is 0.889 bits per heavy atom. The number of pyridine rings is 1. The van der Waals surface area contributed by atoms with E-state index in [-0.39, 0.29) is 5.91 Å². The molecule has 5 rings (SSSR count). The minimum Gasteiger partial charge on any atom is -0.497 e. The summed E-state index contributed by atoms with van der Waals surface area (Å²) in [6, 6.07) is 20.1. The van der Waals surface area contributed by atoms with Gasteiger partial charge in [-0.05, 0) is 55.5 Å². The van der Waals surface area contributed by atoms with Gasteiger partial charge in [-0.1, -0.05) is 29.5 Å². The number of amides is 1. The van der Waals surface area contributed by atoms with E-state index >= 15 is 0 Å². The second-order valence-electron chi connectivity index (χ2n) is 8.57. The number of rotatable bonds is 7. The summed E-state index contributed by atoms with van der Waals surface area (Å²) in [6.45, 7) is 5.04. The largest absolute Gasteiger partial charge is 0.497 e. The number of nitrogens with zero attached hydrogens (tertiary/aromatic N) is 6. The van der Waals surface area contributed by atoms with E-state index in [0.717, 1.165) is 41.6 Å². The lowest BCUT2D eigenvalue weighted by Gasteiger charge is -2.36. The van der Waals surface area contributed by atoms with Gasteiger partial charge in [0.05, 0.1) is 12.9 Å². The fourth-order valence-electron chi connectivity index (χ4n) is 4.20. The number of anilines is 1. The monoisotopic (exact) mass is 500 g/mol. The highest BCUT2D eigenvalue weighted by Crippen LogP contribution is 2.28. The molecule has 1 saturated heterocycles. The van der Waals surface area contributed by atoms with Gasteiger partial charge in [-0.15, -0.1) is 10.2 Å². The fourth-order valence-corrected chi connectivity index (χ4v) is 5.06. The van der Waals surface area contributed by atoms with Crippen LogP contribution < -0.4 is 9.64 Å². The van der Waals surface area contributed by atoms with Crippen LogP contribution in [0.15, 0.2) is 78.2 Å². The minimum absolute atomic E-state index is 0.110. The molecule has 1 aliphatic rings. The van der Waals surface area contributed by atoms with Crippen molar-refractivity contribution in [3.8, 4) is 22.8 Å². The maximum absolute atomic E-state index is 13.1. The van der Waals surface area contributed by atoms with Crippen molar-refractivity contribution in [2.75, 3.05) is 43.9 Å². The van der Waals surface area contributed by atoms with Gasteiger partial charge in [-0.3, -0.25) is 14.3 Å². The number of ether oxygens (including phenoxy) is 1. The zero-order valence-electron chi connectivity index (χ0n) is 20.4. The fraction of sp³-hybridized carbons (Fsp3) is 0.259. The summed E-state index contributed by atoms with van der Waals surface area (Å²) in [4.78, 5) is 21.4. The third-order valence-corrected chi connectivity index (χ3v) is 7.17. The van der Waals surface area contributed by atoms with Gasteiger partial charge in [0.25, 0.3) is 0 Å². The summed E-state index contributed by atoms with van der Waals surface area (Å²) in [5.74, 6) is 1.99. The lowest BCUT2D eigenvalue weighted by Crippen LogP contribution is -2.49. The predicted molar refractivity (Wildman–Crippen MR) is 142 cm³/mol. The van der Waals surface area contributed by atoms with Gasteiger partial charge in [0.1, 0.15) is 5.75 Å². The molecule has 0 saturated carbocycles. The molecule has 36 heavy (non-hydrogen) atoms. The molecule has 2 aromatic heterocycles. The van der Waals surface area contributed by atoms with E-state index in [1.165, 1.54) is 17.3 Å². The molecule has 0 bridgehead atoms. The Labute approximate surface area is 214 Å². The number of piperazine rings is 1. The van der Waals surface area contributed by atoms with E-state index in [1.54, 1.807) is 19.5 Å². The van der Waals surface area contributed by atoms with Crippen molar-refractivity contribution in [1.29, 1.82) is 0 Å². The lowest BCUT2D eigenvalue weighted by atomic mass is 10.2. The molecule has 184 valence electrons. The number of aromatic nitrogens is 4. The van der Waals surface area contributed by atoms with Crippen LogP contribution in [0.1, 0.15) is 5.56 Å². The predicted octanol–water partition coefficient (Wildman–Crippen LogP) is 4.09. The van der Waals surface area contributed by atoms with Gasteiger partial charge in [-0.2, -0.15) is 0 Å². The quantitative estimate of drug-likeness (QED) is 0.354. The van der Waals surface area contributed by atoms with E-state index in [0.29, 0.717) is 24.0 Å². The number of methoxy groups -OCH3 is 1.